The van der Waals surface area contributed by atoms with Gasteiger partial charge in [0.2, 0.25) is 0 Å². The summed E-state index contributed by atoms with van der Waals surface area (Å²) < 4.78 is 0. The molecule has 0 radical (unpaired) electrons. The Kier molecular flexibility index (Phi) is 4.34. The molecule has 0 aliphatic heterocycles. The molecule has 1 rings (SSSR count). The normalized spacial score (nSPS) is 28.4. The van der Waals surface area contributed by atoms with Crippen LogP contribution in [-0.4, -0.2) is 5.78 Å². The number of ketones is 1. The molecule has 1 heteroatoms. The van der Waals surface area contributed by atoms with Crippen molar-refractivity contribution in [3.05, 3.63) is 0 Å². The standard InChI is InChI=1S/C11H20O/c1-10-8-6-4-2-3-5-7-9-11(10)12/h10H,2-9H2,1H3/t10-/m1/s1. The lowest BCUT2D eigenvalue weighted by molar-refractivity contribution is -0.122. The number of hydrogen-bond donors (Lipinski definition) is 0. The average Bonchev–Trinajstić information content (AvgIpc) is 2.08. The second-order valence-electron chi connectivity index (χ2n) is 4.03. The Morgan fingerprint density at radius 1 is 1.00 bits per heavy atom. The van der Waals surface area contributed by atoms with E-state index in [0.29, 0.717) is 11.7 Å². The molecule has 0 aromatic rings. The summed E-state index contributed by atoms with van der Waals surface area (Å²) in [6.45, 7) is 2.09. The molecular formula is C11H20O. The lowest BCUT2D eigenvalue weighted by atomic mass is 9.93. The smallest absolute Gasteiger partial charge is 0.135 e. The highest BCUT2D eigenvalue weighted by atomic mass is 16.1. The van der Waals surface area contributed by atoms with Gasteiger partial charge in [0.05, 0.1) is 0 Å². The minimum absolute atomic E-state index is 0.336. The van der Waals surface area contributed by atoms with Gasteiger partial charge in [-0.15, -0.1) is 0 Å². The largest absolute Gasteiger partial charge is 0.299 e. The first kappa shape index (κ1) is 9.76. The summed E-state index contributed by atoms with van der Waals surface area (Å²) in [7, 11) is 0. The summed E-state index contributed by atoms with van der Waals surface area (Å²) in [4.78, 5) is 11.4. The van der Waals surface area contributed by atoms with Crippen LogP contribution >= 0.6 is 0 Å². The number of hydrogen-bond acceptors (Lipinski definition) is 1. The Labute approximate surface area is 75.5 Å². The lowest BCUT2D eigenvalue weighted by Crippen LogP contribution is -2.11. The summed E-state index contributed by atoms with van der Waals surface area (Å²) >= 11 is 0. The van der Waals surface area contributed by atoms with Crippen molar-refractivity contribution in [2.45, 2.75) is 58.3 Å². The zero-order chi connectivity index (χ0) is 8.81. The summed E-state index contributed by atoms with van der Waals surface area (Å²) in [5.41, 5.74) is 0. The molecule has 70 valence electrons. The Balaban J connectivity index is 2.31. The first-order chi connectivity index (χ1) is 5.80. The molecule has 0 amide bonds. The van der Waals surface area contributed by atoms with Crippen molar-refractivity contribution in [2.75, 3.05) is 0 Å². The van der Waals surface area contributed by atoms with Crippen molar-refractivity contribution in [3.63, 3.8) is 0 Å². The maximum absolute atomic E-state index is 11.4. The molecule has 0 aromatic carbocycles. The Morgan fingerprint density at radius 2 is 1.58 bits per heavy atom. The van der Waals surface area contributed by atoms with Gasteiger partial charge in [0.1, 0.15) is 5.78 Å². The molecule has 1 fully saturated rings. The fourth-order valence-electron chi connectivity index (χ4n) is 1.86. The number of carbonyl (C=O) groups excluding carboxylic acids is 1. The van der Waals surface area contributed by atoms with Gasteiger partial charge >= 0.3 is 0 Å². The Bertz CT molecular complexity index is 140. The second kappa shape index (κ2) is 5.34. The van der Waals surface area contributed by atoms with Crippen LogP contribution in [0.3, 0.4) is 0 Å². The number of Topliss-reactive ketones (excluding diaryl/α,β-unsaturated/α-hetero) is 1. The maximum Gasteiger partial charge on any atom is 0.135 e. The van der Waals surface area contributed by atoms with E-state index < -0.39 is 0 Å². The van der Waals surface area contributed by atoms with Crippen LogP contribution < -0.4 is 0 Å². The van der Waals surface area contributed by atoms with E-state index in [4.69, 9.17) is 0 Å². The van der Waals surface area contributed by atoms with E-state index in [9.17, 15) is 4.79 Å². The second-order valence-corrected chi connectivity index (χ2v) is 4.03. The van der Waals surface area contributed by atoms with E-state index in [2.05, 4.69) is 6.92 Å². The molecular weight excluding hydrogens is 148 g/mol. The van der Waals surface area contributed by atoms with Gasteiger partial charge in [-0.2, -0.15) is 0 Å². The number of rotatable bonds is 0. The molecule has 1 saturated carbocycles. The van der Waals surface area contributed by atoms with Crippen LogP contribution in [0.5, 0.6) is 0 Å². The Morgan fingerprint density at radius 3 is 2.33 bits per heavy atom. The molecule has 1 nitrogen and oxygen atoms in total. The van der Waals surface area contributed by atoms with E-state index >= 15 is 0 Å². The van der Waals surface area contributed by atoms with Crippen LogP contribution in [0, 0.1) is 5.92 Å². The zero-order valence-corrected chi connectivity index (χ0v) is 8.14. The molecule has 0 saturated heterocycles. The van der Waals surface area contributed by atoms with Gasteiger partial charge in [-0.05, 0) is 12.8 Å². The highest BCUT2D eigenvalue weighted by molar-refractivity contribution is 5.80. The first-order valence-corrected chi connectivity index (χ1v) is 5.33. The predicted molar refractivity (Wildman–Crippen MR) is 51.1 cm³/mol. The molecule has 12 heavy (non-hydrogen) atoms. The minimum Gasteiger partial charge on any atom is -0.299 e. The summed E-state index contributed by atoms with van der Waals surface area (Å²) in [5.74, 6) is 0.833. The first-order valence-electron chi connectivity index (χ1n) is 5.33. The third-order valence-electron chi connectivity index (χ3n) is 2.86. The number of carbonyl (C=O) groups is 1. The van der Waals surface area contributed by atoms with E-state index in [1.807, 2.05) is 0 Å². The fourth-order valence-corrected chi connectivity index (χ4v) is 1.86. The molecule has 0 N–H and O–H groups in total. The molecule has 0 heterocycles. The molecule has 0 spiro atoms. The highest BCUT2D eigenvalue weighted by Crippen LogP contribution is 2.18. The Hall–Kier alpha value is -0.330. The van der Waals surface area contributed by atoms with E-state index in [1.54, 1.807) is 0 Å². The van der Waals surface area contributed by atoms with Crippen LogP contribution in [0.1, 0.15) is 58.3 Å². The topological polar surface area (TPSA) is 17.1 Å². The van der Waals surface area contributed by atoms with Crippen molar-refractivity contribution in [3.8, 4) is 0 Å². The van der Waals surface area contributed by atoms with Gasteiger partial charge in [0, 0.05) is 12.3 Å². The van der Waals surface area contributed by atoms with E-state index in [1.165, 1.54) is 32.1 Å². The van der Waals surface area contributed by atoms with Crippen LogP contribution in [-0.2, 0) is 4.79 Å². The summed E-state index contributed by atoms with van der Waals surface area (Å²) in [6.07, 6.45) is 9.65. The van der Waals surface area contributed by atoms with Gasteiger partial charge in [0.25, 0.3) is 0 Å². The average molecular weight is 168 g/mol. The van der Waals surface area contributed by atoms with Gasteiger partial charge in [-0.3, -0.25) is 4.79 Å². The molecule has 0 bridgehead atoms. The predicted octanol–water partition coefficient (Wildman–Crippen LogP) is 3.33. The monoisotopic (exact) mass is 168 g/mol. The van der Waals surface area contributed by atoms with Crippen LogP contribution in [0.15, 0.2) is 0 Å². The fraction of sp³-hybridized carbons (Fsp3) is 0.909. The molecule has 0 aromatic heterocycles. The molecule has 1 aliphatic carbocycles. The SMILES string of the molecule is C[C@@H]1CCCCCCCCC1=O. The summed E-state index contributed by atoms with van der Waals surface area (Å²) in [6, 6.07) is 0. The van der Waals surface area contributed by atoms with E-state index in [-0.39, 0.29) is 0 Å². The van der Waals surface area contributed by atoms with Crippen LogP contribution in [0.25, 0.3) is 0 Å². The van der Waals surface area contributed by atoms with Gasteiger partial charge in [-0.1, -0.05) is 39.0 Å². The van der Waals surface area contributed by atoms with Crippen molar-refractivity contribution >= 4 is 5.78 Å². The molecule has 1 aliphatic rings. The van der Waals surface area contributed by atoms with Crippen molar-refractivity contribution in [1.29, 1.82) is 0 Å². The highest BCUT2D eigenvalue weighted by Gasteiger charge is 2.12. The maximum atomic E-state index is 11.4. The zero-order valence-electron chi connectivity index (χ0n) is 8.14. The third kappa shape index (κ3) is 3.38. The van der Waals surface area contributed by atoms with Crippen LogP contribution in [0.4, 0.5) is 0 Å². The van der Waals surface area contributed by atoms with Gasteiger partial charge in [0.15, 0.2) is 0 Å². The van der Waals surface area contributed by atoms with Crippen molar-refractivity contribution in [1.82, 2.24) is 0 Å². The third-order valence-corrected chi connectivity index (χ3v) is 2.86. The van der Waals surface area contributed by atoms with Crippen molar-refractivity contribution < 1.29 is 4.79 Å². The molecule has 1 atom stereocenters. The summed E-state index contributed by atoms with van der Waals surface area (Å²) in [5, 5.41) is 0. The minimum atomic E-state index is 0.336. The van der Waals surface area contributed by atoms with Gasteiger partial charge < -0.3 is 0 Å². The van der Waals surface area contributed by atoms with Gasteiger partial charge in [-0.25, -0.2) is 0 Å². The quantitative estimate of drug-likeness (QED) is 0.542. The molecule has 0 unspecified atom stereocenters. The lowest BCUT2D eigenvalue weighted by Gasteiger charge is -2.12. The van der Waals surface area contributed by atoms with Crippen molar-refractivity contribution in [2.24, 2.45) is 5.92 Å². The van der Waals surface area contributed by atoms with Crippen LogP contribution in [0.2, 0.25) is 0 Å². The van der Waals surface area contributed by atoms with E-state index in [0.717, 1.165) is 19.3 Å².